The molecule has 1 aliphatic heterocycles. The molecule has 1 unspecified atom stereocenters. The minimum atomic E-state index is -0.441. The van der Waals surface area contributed by atoms with Crippen molar-refractivity contribution in [1.82, 2.24) is 4.90 Å². The Morgan fingerprint density at radius 2 is 2.05 bits per heavy atom. The van der Waals surface area contributed by atoms with E-state index in [1.807, 2.05) is 24.0 Å². The van der Waals surface area contributed by atoms with Gasteiger partial charge in [0.25, 0.3) is 5.91 Å². The molecule has 0 aromatic heterocycles. The van der Waals surface area contributed by atoms with Crippen LogP contribution in [0.25, 0.3) is 0 Å². The lowest BCUT2D eigenvalue weighted by Crippen LogP contribution is -2.45. The number of likely N-dealkylation sites (tertiary alicyclic amines) is 1. The number of para-hydroxylation sites is 1. The van der Waals surface area contributed by atoms with Crippen molar-refractivity contribution in [2.45, 2.75) is 39.2 Å². The fourth-order valence-corrected chi connectivity index (χ4v) is 2.61. The second-order valence-corrected chi connectivity index (χ2v) is 5.86. The smallest absolute Gasteiger partial charge is 0.263 e. The van der Waals surface area contributed by atoms with Crippen molar-refractivity contribution in [3.8, 4) is 5.75 Å². The lowest BCUT2D eigenvalue weighted by Gasteiger charge is -2.32. The van der Waals surface area contributed by atoms with Crippen LogP contribution < -0.4 is 4.74 Å². The van der Waals surface area contributed by atoms with Crippen LogP contribution in [0.5, 0.6) is 5.75 Å². The summed E-state index contributed by atoms with van der Waals surface area (Å²) in [6, 6.07) is 7.29. The summed E-state index contributed by atoms with van der Waals surface area (Å²) < 4.78 is 5.81. The van der Waals surface area contributed by atoms with E-state index in [0.717, 1.165) is 25.9 Å². The van der Waals surface area contributed by atoms with Gasteiger partial charge in [0.15, 0.2) is 6.10 Å². The summed E-state index contributed by atoms with van der Waals surface area (Å²) in [5.41, 5.74) is 0. The van der Waals surface area contributed by atoms with E-state index in [2.05, 4.69) is 6.92 Å². The first kappa shape index (κ1) is 15.2. The molecule has 1 aliphatic rings. The van der Waals surface area contributed by atoms with Crippen molar-refractivity contribution < 1.29 is 9.53 Å². The first-order chi connectivity index (χ1) is 9.61. The Hall–Kier alpha value is -1.22. The molecule has 1 aromatic carbocycles. The van der Waals surface area contributed by atoms with Crippen molar-refractivity contribution in [3.63, 3.8) is 0 Å². The van der Waals surface area contributed by atoms with Gasteiger partial charge in [-0.1, -0.05) is 37.6 Å². The molecule has 0 radical (unpaired) electrons. The highest BCUT2D eigenvalue weighted by Gasteiger charge is 2.27. The molecule has 0 saturated carbocycles. The van der Waals surface area contributed by atoms with E-state index in [1.54, 1.807) is 12.1 Å². The molecule has 2 rings (SSSR count). The lowest BCUT2D eigenvalue weighted by molar-refractivity contribution is -0.140. The summed E-state index contributed by atoms with van der Waals surface area (Å²) in [4.78, 5) is 14.4. The van der Waals surface area contributed by atoms with Crippen LogP contribution in [0.1, 0.15) is 33.1 Å². The van der Waals surface area contributed by atoms with Gasteiger partial charge in [-0.05, 0) is 37.3 Å². The molecule has 0 aliphatic carbocycles. The van der Waals surface area contributed by atoms with Crippen LogP contribution in [0.15, 0.2) is 24.3 Å². The van der Waals surface area contributed by atoms with Crippen molar-refractivity contribution in [3.05, 3.63) is 29.3 Å². The molecule has 1 saturated heterocycles. The molecule has 1 amide bonds. The zero-order chi connectivity index (χ0) is 14.5. The SMILES string of the molecule is CCC(Oc1ccccc1Cl)C(=O)N1CCC(C)CC1. The number of nitrogens with zero attached hydrogens (tertiary/aromatic N) is 1. The average Bonchev–Trinajstić information content (AvgIpc) is 2.46. The first-order valence-corrected chi connectivity index (χ1v) is 7.69. The summed E-state index contributed by atoms with van der Waals surface area (Å²) in [5.74, 6) is 1.38. The third-order valence-electron chi connectivity index (χ3n) is 3.85. The molecule has 1 fully saturated rings. The first-order valence-electron chi connectivity index (χ1n) is 7.31. The number of hydrogen-bond acceptors (Lipinski definition) is 2. The molecule has 3 nitrogen and oxygen atoms in total. The second kappa shape index (κ2) is 6.98. The monoisotopic (exact) mass is 295 g/mol. The molecular formula is C16H22ClNO2. The highest BCUT2D eigenvalue weighted by molar-refractivity contribution is 6.32. The minimum absolute atomic E-state index is 0.0827. The van der Waals surface area contributed by atoms with Crippen LogP contribution in [0.4, 0.5) is 0 Å². The maximum Gasteiger partial charge on any atom is 0.263 e. The largest absolute Gasteiger partial charge is 0.479 e. The average molecular weight is 296 g/mol. The molecule has 20 heavy (non-hydrogen) atoms. The van der Waals surface area contributed by atoms with Crippen LogP contribution in [-0.2, 0) is 4.79 Å². The normalized spacial score (nSPS) is 17.9. The fourth-order valence-electron chi connectivity index (χ4n) is 2.43. The van der Waals surface area contributed by atoms with E-state index in [-0.39, 0.29) is 5.91 Å². The van der Waals surface area contributed by atoms with Crippen molar-refractivity contribution in [1.29, 1.82) is 0 Å². The summed E-state index contributed by atoms with van der Waals surface area (Å²) in [6.45, 7) is 5.87. The fraction of sp³-hybridized carbons (Fsp3) is 0.562. The van der Waals surface area contributed by atoms with Crippen molar-refractivity contribution in [2.24, 2.45) is 5.92 Å². The van der Waals surface area contributed by atoms with Gasteiger partial charge in [-0.25, -0.2) is 0 Å². The Bertz CT molecular complexity index is 456. The Morgan fingerprint density at radius 1 is 1.40 bits per heavy atom. The van der Waals surface area contributed by atoms with Gasteiger partial charge in [0.2, 0.25) is 0 Å². The molecular weight excluding hydrogens is 274 g/mol. The Morgan fingerprint density at radius 3 is 2.65 bits per heavy atom. The number of ether oxygens (including phenoxy) is 1. The summed E-state index contributed by atoms with van der Waals surface area (Å²) in [5, 5.41) is 0.547. The van der Waals surface area contributed by atoms with Crippen LogP contribution in [0, 0.1) is 5.92 Å². The molecule has 1 atom stereocenters. The summed E-state index contributed by atoms with van der Waals surface area (Å²) in [6.07, 6.45) is 2.36. The standard InChI is InChI=1S/C16H22ClNO2/c1-3-14(20-15-7-5-4-6-13(15)17)16(19)18-10-8-12(2)9-11-18/h4-7,12,14H,3,8-11H2,1-2H3. The second-order valence-electron chi connectivity index (χ2n) is 5.45. The molecule has 4 heteroatoms. The maximum atomic E-state index is 12.5. The number of benzene rings is 1. The van der Waals surface area contributed by atoms with Gasteiger partial charge in [0, 0.05) is 13.1 Å². The number of halogens is 1. The topological polar surface area (TPSA) is 29.5 Å². The number of amides is 1. The number of carbonyl (C=O) groups is 1. The van der Waals surface area contributed by atoms with Gasteiger partial charge in [-0.2, -0.15) is 0 Å². The molecule has 110 valence electrons. The van der Waals surface area contributed by atoms with E-state index in [4.69, 9.17) is 16.3 Å². The molecule has 0 N–H and O–H groups in total. The third-order valence-corrected chi connectivity index (χ3v) is 4.16. The van der Waals surface area contributed by atoms with E-state index >= 15 is 0 Å². The van der Waals surface area contributed by atoms with Gasteiger partial charge in [-0.15, -0.1) is 0 Å². The third kappa shape index (κ3) is 3.66. The van der Waals surface area contributed by atoms with Crippen LogP contribution in [-0.4, -0.2) is 30.0 Å². The van der Waals surface area contributed by atoms with E-state index < -0.39 is 6.10 Å². The van der Waals surface area contributed by atoms with Crippen LogP contribution >= 0.6 is 11.6 Å². The van der Waals surface area contributed by atoms with Gasteiger partial charge in [0.05, 0.1) is 5.02 Å². The number of piperidine rings is 1. The molecule has 1 heterocycles. The zero-order valence-electron chi connectivity index (χ0n) is 12.1. The minimum Gasteiger partial charge on any atom is -0.479 e. The van der Waals surface area contributed by atoms with Crippen molar-refractivity contribution >= 4 is 17.5 Å². The number of carbonyl (C=O) groups excluding carboxylic acids is 1. The van der Waals surface area contributed by atoms with Gasteiger partial charge in [-0.3, -0.25) is 4.79 Å². The summed E-state index contributed by atoms with van der Waals surface area (Å²) in [7, 11) is 0. The quantitative estimate of drug-likeness (QED) is 0.846. The highest BCUT2D eigenvalue weighted by atomic mass is 35.5. The predicted molar refractivity (Wildman–Crippen MR) is 81.1 cm³/mol. The van der Waals surface area contributed by atoms with E-state index in [1.165, 1.54) is 0 Å². The zero-order valence-corrected chi connectivity index (χ0v) is 12.9. The van der Waals surface area contributed by atoms with Gasteiger partial charge < -0.3 is 9.64 Å². The molecule has 1 aromatic rings. The van der Waals surface area contributed by atoms with E-state index in [9.17, 15) is 4.79 Å². The predicted octanol–water partition coefficient (Wildman–Crippen LogP) is 3.76. The Labute approximate surface area is 125 Å². The number of rotatable bonds is 4. The van der Waals surface area contributed by atoms with E-state index in [0.29, 0.717) is 23.1 Å². The van der Waals surface area contributed by atoms with Crippen molar-refractivity contribution in [2.75, 3.05) is 13.1 Å². The summed E-state index contributed by atoms with van der Waals surface area (Å²) >= 11 is 6.08. The molecule has 0 bridgehead atoms. The van der Waals surface area contributed by atoms with Gasteiger partial charge in [0.1, 0.15) is 5.75 Å². The van der Waals surface area contributed by atoms with Crippen LogP contribution in [0.2, 0.25) is 5.02 Å². The maximum absolute atomic E-state index is 12.5. The lowest BCUT2D eigenvalue weighted by atomic mass is 9.99. The molecule has 0 spiro atoms. The van der Waals surface area contributed by atoms with Crippen LogP contribution in [0.3, 0.4) is 0 Å². The highest BCUT2D eigenvalue weighted by Crippen LogP contribution is 2.26. The Kier molecular flexibility index (Phi) is 5.30. The number of hydrogen-bond donors (Lipinski definition) is 0. The van der Waals surface area contributed by atoms with Gasteiger partial charge >= 0.3 is 0 Å². The Balaban J connectivity index is 2.01.